The zero-order valence-corrected chi connectivity index (χ0v) is 13.8. The van der Waals surface area contributed by atoms with Gasteiger partial charge in [0.15, 0.2) is 0 Å². The summed E-state index contributed by atoms with van der Waals surface area (Å²) in [6, 6.07) is 16.9. The van der Waals surface area contributed by atoms with E-state index in [0.29, 0.717) is 6.61 Å². The van der Waals surface area contributed by atoms with E-state index in [9.17, 15) is 0 Å². The summed E-state index contributed by atoms with van der Waals surface area (Å²) >= 11 is 0. The van der Waals surface area contributed by atoms with Gasteiger partial charge in [0.2, 0.25) is 0 Å². The van der Waals surface area contributed by atoms with Crippen molar-refractivity contribution in [3.05, 3.63) is 59.7 Å². The van der Waals surface area contributed by atoms with Crippen LogP contribution in [0.1, 0.15) is 45.2 Å². The average molecular weight is 296 g/mol. The van der Waals surface area contributed by atoms with Crippen molar-refractivity contribution in [2.24, 2.45) is 0 Å². The van der Waals surface area contributed by atoms with E-state index in [1.807, 2.05) is 13.0 Å². The lowest BCUT2D eigenvalue weighted by atomic mass is 9.68. The van der Waals surface area contributed by atoms with Gasteiger partial charge in [-0.25, -0.2) is 0 Å². The second kappa shape index (κ2) is 5.35. The van der Waals surface area contributed by atoms with Gasteiger partial charge in [-0.1, -0.05) is 37.3 Å². The second-order valence-corrected chi connectivity index (χ2v) is 6.82. The van der Waals surface area contributed by atoms with Crippen LogP contribution in [0.3, 0.4) is 0 Å². The van der Waals surface area contributed by atoms with Gasteiger partial charge in [0.25, 0.3) is 0 Å². The van der Waals surface area contributed by atoms with Crippen molar-refractivity contribution in [1.82, 2.24) is 0 Å². The highest BCUT2D eigenvalue weighted by Crippen LogP contribution is 2.48. The molecular weight excluding hydrogens is 272 g/mol. The number of rotatable bonds is 3. The Bertz CT molecular complexity index is 658. The minimum absolute atomic E-state index is 0.0525. The first-order chi connectivity index (χ1) is 10.4. The monoisotopic (exact) mass is 296 g/mol. The van der Waals surface area contributed by atoms with Crippen molar-refractivity contribution in [3.63, 3.8) is 0 Å². The van der Waals surface area contributed by atoms with Crippen molar-refractivity contribution in [1.29, 1.82) is 0 Å². The highest BCUT2D eigenvalue weighted by Gasteiger charge is 2.42. The molecule has 3 rings (SSSR count). The maximum atomic E-state index is 6.17. The maximum absolute atomic E-state index is 6.17. The molecule has 1 atom stereocenters. The van der Waals surface area contributed by atoms with Gasteiger partial charge >= 0.3 is 0 Å². The summed E-state index contributed by atoms with van der Waals surface area (Å²) in [7, 11) is 0. The third-order valence-electron chi connectivity index (χ3n) is 4.45. The summed E-state index contributed by atoms with van der Waals surface area (Å²) in [5.74, 6) is 1.92. The topological polar surface area (TPSA) is 18.5 Å². The summed E-state index contributed by atoms with van der Waals surface area (Å²) < 4.78 is 11.7. The van der Waals surface area contributed by atoms with Crippen LogP contribution in [0.2, 0.25) is 0 Å². The number of ether oxygens (including phenoxy) is 2. The smallest absolute Gasteiger partial charge is 0.124 e. The SMILES string of the molecule is CCOc1ccc(C2(C)CC(C)(C)Oc3ccccc32)cc1. The number of para-hydroxylation sites is 1. The summed E-state index contributed by atoms with van der Waals surface area (Å²) in [5.41, 5.74) is 2.34. The Morgan fingerprint density at radius 1 is 1.00 bits per heavy atom. The van der Waals surface area contributed by atoms with Crippen molar-refractivity contribution in [3.8, 4) is 11.5 Å². The van der Waals surface area contributed by atoms with Gasteiger partial charge in [0.1, 0.15) is 17.1 Å². The number of hydrogen-bond donors (Lipinski definition) is 0. The van der Waals surface area contributed by atoms with Gasteiger partial charge in [-0.2, -0.15) is 0 Å². The highest BCUT2D eigenvalue weighted by molar-refractivity contribution is 5.49. The summed E-state index contributed by atoms with van der Waals surface area (Å²) in [6.07, 6.45) is 0.949. The molecule has 0 bridgehead atoms. The molecule has 116 valence electrons. The predicted molar refractivity (Wildman–Crippen MR) is 89.8 cm³/mol. The predicted octanol–water partition coefficient (Wildman–Crippen LogP) is 4.95. The molecule has 0 aliphatic carbocycles. The van der Waals surface area contributed by atoms with Crippen LogP contribution in [-0.4, -0.2) is 12.2 Å². The number of benzene rings is 2. The fourth-order valence-electron chi connectivity index (χ4n) is 3.64. The van der Waals surface area contributed by atoms with E-state index in [2.05, 4.69) is 63.2 Å². The zero-order chi connectivity index (χ0) is 15.8. The van der Waals surface area contributed by atoms with E-state index < -0.39 is 0 Å². The largest absolute Gasteiger partial charge is 0.494 e. The Morgan fingerprint density at radius 2 is 1.68 bits per heavy atom. The molecule has 1 aliphatic rings. The molecule has 1 unspecified atom stereocenters. The molecule has 0 amide bonds. The molecule has 22 heavy (non-hydrogen) atoms. The third-order valence-corrected chi connectivity index (χ3v) is 4.45. The molecule has 0 fully saturated rings. The molecule has 0 saturated heterocycles. The lowest BCUT2D eigenvalue weighted by Gasteiger charge is -2.44. The van der Waals surface area contributed by atoms with Crippen molar-refractivity contribution < 1.29 is 9.47 Å². The van der Waals surface area contributed by atoms with Crippen LogP contribution in [0.4, 0.5) is 0 Å². The Labute approximate surface area is 133 Å². The van der Waals surface area contributed by atoms with Crippen molar-refractivity contribution >= 4 is 0 Å². The summed E-state index contributed by atoms with van der Waals surface area (Å²) in [6.45, 7) is 9.34. The Morgan fingerprint density at radius 3 is 2.36 bits per heavy atom. The number of fused-ring (bicyclic) bond motifs is 1. The number of hydrogen-bond acceptors (Lipinski definition) is 2. The van der Waals surface area contributed by atoms with E-state index >= 15 is 0 Å². The fraction of sp³-hybridized carbons (Fsp3) is 0.400. The first kappa shape index (κ1) is 15.0. The minimum Gasteiger partial charge on any atom is -0.494 e. The van der Waals surface area contributed by atoms with Crippen molar-refractivity contribution in [2.45, 2.75) is 45.1 Å². The quantitative estimate of drug-likeness (QED) is 0.797. The van der Waals surface area contributed by atoms with E-state index in [1.165, 1.54) is 11.1 Å². The van der Waals surface area contributed by atoms with Crippen LogP contribution in [-0.2, 0) is 5.41 Å². The maximum Gasteiger partial charge on any atom is 0.124 e. The van der Waals surface area contributed by atoms with Crippen LogP contribution >= 0.6 is 0 Å². The second-order valence-electron chi connectivity index (χ2n) is 6.82. The molecule has 1 heterocycles. The molecule has 0 N–H and O–H groups in total. The average Bonchev–Trinajstić information content (AvgIpc) is 2.47. The molecule has 2 aromatic rings. The zero-order valence-electron chi connectivity index (χ0n) is 13.8. The van der Waals surface area contributed by atoms with Crippen LogP contribution in [0, 0.1) is 0 Å². The van der Waals surface area contributed by atoms with Gasteiger partial charge in [-0.05, 0) is 44.5 Å². The molecule has 1 aliphatic heterocycles. The molecule has 0 spiro atoms. The highest BCUT2D eigenvalue weighted by atomic mass is 16.5. The molecule has 2 nitrogen and oxygen atoms in total. The van der Waals surface area contributed by atoms with Crippen LogP contribution < -0.4 is 9.47 Å². The summed E-state index contributed by atoms with van der Waals surface area (Å²) in [5, 5.41) is 0. The van der Waals surface area contributed by atoms with Gasteiger partial charge in [0, 0.05) is 17.4 Å². The van der Waals surface area contributed by atoms with Crippen LogP contribution in [0.15, 0.2) is 48.5 Å². The van der Waals surface area contributed by atoms with Gasteiger partial charge in [0.05, 0.1) is 6.61 Å². The normalized spacial score (nSPS) is 22.5. The summed E-state index contributed by atoms with van der Waals surface area (Å²) in [4.78, 5) is 0. The first-order valence-corrected chi connectivity index (χ1v) is 7.96. The first-order valence-electron chi connectivity index (χ1n) is 7.96. The minimum atomic E-state index is -0.179. The molecule has 0 radical (unpaired) electrons. The van der Waals surface area contributed by atoms with E-state index in [-0.39, 0.29) is 11.0 Å². The van der Waals surface area contributed by atoms with Gasteiger partial charge < -0.3 is 9.47 Å². The third kappa shape index (κ3) is 2.58. The molecular formula is C20H24O2. The van der Waals surface area contributed by atoms with E-state index in [0.717, 1.165) is 17.9 Å². The van der Waals surface area contributed by atoms with Crippen LogP contribution in [0.25, 0.3) is 0 Å². The van der Waals surface area contributed by atoms with Gasteiger partial charge in [-0.15, -0.1) is 0 Å². The Balaban J connectivity index is 2.07. The fourth-order valence-corrected chi connectivity index (χ4v) is 3.64. The Kier molecular flexibility index (Phi) is 3.64. The van der Waals surface area contributed by atoms with E-state index in [1.54, 1.807) is 0 Å². The lowest BCUT2D eigenvalue weighted by molar-refractivity contribution is 0.0583. The molecule has 2 heteroatoms. The van der Waals surface area contributed by atoms with E-state index in [4.69, 9.17) is 9.47 Å². The van der Waals surface area contributed by atoms with Gasteiger partial charge in [-0.3, -0.25) is 0 Å². The standard InChI is InChI=1S/C20H24O2/c1-5-21-16-12-10-15(11-13-16)20(4)14-19(2,3)22-18-9-7-6-8-17(18)20/h6-13H,5,14H2,1-4H3. The molecule has 0 aromatic heterocycles. The molecule has 0 saturated carbocycles. The van der Waals surface area contributed by atoms with Crippen LogP contribution in [0.5, 0.6) is 11.5 Å². The lowest BCUT2D eigenvalue weighted by Crippen LogP contribution is -2.43. The molecule has 2 aromatic carbocycles. The van der Waals surface area contributed by atoms with Crippen molar-refractivity contribution in [2.75, 3.05) is 6.61 Å². The Hall–Kier alpha value is -1.96.